The maximum Gasteiger partial charge on any atom is 0.303 e. The Bertz CT molecular complexity index is 923. The van der Waals surface area contributed by atoms with Crippen molar-refractivity contribution in [3.8, 4) is 0 Å². The Morgan fingerprint density at radius 1 is 1.10 bits per heavy atom. The van der Waals surface area contributed by atoms with Gasteiger partial charge in [-0.1, -0.05) is 55.3 Å². The zero-order chi connectivity index (χ0) is 22.7. The summed E-state index contributed by atoms with van der Waals surface area (Å²) in [6, 6.07) is 10.4. The Labute approximate surface area is 192 Å². The van der Waals surface area contributed by atoms with Crippen LogP contribution in [-0.4, -0.2) is 30.3 Å². The highest BCUT2D eigenvalue weighted by atomic mass is 35.5. The molecular formula is C24H29ClO5S. The number of benzene rings is 1. The molecule has 1 aliphatic rings. The van der Waals surface area contributed by atoms with Crippen LogP contribution in [0.5, 0.6) is 0 Å². The van der Waals surface area contributed by atoms with E-state index in [1.807, 2.05) is 19.9 Å². The van der Waals surface area contributed by atoms with Crippen LogP contribution in [0.1, 0.15) is 61.8 Å². The Balaban J connectivity index is 1.94. The highest BCUT2D eigenvalue weighted by Crippen LogP contribution is 2.44. The normalized spacial score (nSPS) is 25.8. The number of halogens is 1. The van der Waals surface area contributed by atoms with E-state index in [1.54, 1.807) is 0 Å². The van der Waals surface area contributed by atoms with Crippen molar-refractivity contribution in [2.75, 3.05) is 0 Å². The van der Waals surface area contributed by atoms with E-state index in [1.165, 1.54) is 30.7 Å². The van der Waals surface area contributed by atoms with Crippen molar-refractivity contribution in [1.82, 2.24) is 0 Å². The molecular weight excluding hydrogens is 436 g/mol. The standard InChI is InChI=1S/C24H29ClO5S/c1-6-19-14(3)21(28-15(4)26)23(29-16(5)27)22(30-19)20-12-18(24(25)31-20)11-17-9-7-13(2)8-10-17/h7-10,12,14,19,21-23H,6,11H2,1-5H3/t14-,19-,21+,22+,23-/m1/s1. The minimum Gasteiger partial charge on any atom is -0.458 e. The van der Waals surface area contributed by atoms with E-state index < -0.39 is 30.3 Å². The molecule has 0 N–H and O–H groups in total. The molecule has 2 aromatic rings. The third-order valence-electron chi connectivity index (χ3n) is 5.63. The number of ether oxygens (including phenoxy) is 3. The SMILES string of the molecule is CC[C@H]1O[C@@H](c2cc(Cc3ccc(C)cc3)c(Cl)s2)[C@H](OC(C)=O)[C@@H](OC(C)=O)[C@@H]1C. The summed E-state index contributed by atoms with van der Waals surface area (Å²) >= 11 is 8.01. The molecule has 1 saturated heterocycles. The average Bonchev–Trinajstić information content (AvgIpc) is 3.06. The smallest absolute Gasteiger partial charge is 0.303 e. The molecule has 168 valence electrons. The third-order valence-corrected chi connectivity index (χ3v) is 7.13. The van der Waals surface area contributed by atoms with Crippen LogP contribution in [0.2, 0.25) is 4.34 Å². The van der Waals surface area contributed by atoms with Crippen LogP contribution in [-0.2, 0) is 30.2 Å². The fraction of sp³-hybridized carbons (Fsp3) is 0.500. The summed E-state index contributed by atoms with van der Waals surface area (Å²) in [5.74, 6) is -0.967. The second kappa shape index (κ2) is 10.2. The Morgan fingerprint density at radius 2 is 1.71 bits per heavy atom. The molecule has 2 heterocycles. The number of aryl methyl sites for hydroxylation is 1. The molecule has 7 heteroatoms. The lowest BCUT2D eigenvalue weighted by Gasteiger charge is -2.44. The number of hydrogen-bond acceptors (Lipinski definition) is 6. The molecule has 0 saturated carbocycles. The summed E-state index contributed by atoms with van der Waals surface area (Å²) in [4.78, 5) is 24.5. The number of thiophene rings is 1. The molecule has 0 spiro atoms. The zero-order valence-corrected chi connectivity index (χ0v) is 20.1. The maximum absolute atomic E-state index is 11.9. The molecule has 0 bridgehead atoms. The van der Waals surface area contributed by atoms with E-state index in [0.717, 1.165) is 22.4 Å². The summed E-state index contributed by atoms with van der Waals surface area (Å²) < 4.78 is 18.3. The molecule has 0 aliphatic carbocycles. The Morgan fingerprint density at radius 3 is 2.29 bits per heavy atom. The minimum atomic E-state index is -0.735. The highest BCUT2D eigenvalue weighted by molar-refractivity contribution is 7.16. The number of carbonyl (C=O) groups is 2. The highest BCUT2D eigenvalue weighted by Gasteiger charge is 2.48. The van der Waals surface area contributed by atoms with Crippen molar-refractivity contribution in [3.63, 3.8) is 0 Å². The predicted molar refractivity (Wildman–Crippen MR) is 121 cm³/mol. The first kappa shape index (κ1) is 23.8. The van der Waals surface area contributed by atoms with Gasteiger partial charge in [-0.05, 0) is 37.0 Å². The molecule has 0 radical (unpaired) electrons. The van der Waals surface area contributed by atoms with Crippen molar-refractivity contribution in [1.29, 1.82) is 0 Å². The van der Waals surface area contributed by atoms with Crippen LogP contribution in [0.4, 0.5) is 0 Å². The van der Waals surface area contributed by atoms with Crippen LogP contribution in [0.15, 0.2) is 30.3 Å². The molecule has 31 heavy (non-hydrogen) atoms. The van der Waals surface area contributed by atoms with E-state index in [9.17, 15) is 9.59 Å². The van der Waals surface area contributed by atoms with Gasteiger partial charge in [0.2, 0.25) is 0 Å². The summed E-state index contributed by atoms with van der Waals surface area (Å²) in [5, 5.41) is 0. The second-order valence-electron chi connectivity index (χ2n) is 8.12. The predicted octanol–water partition coefficient (Wildman–Crippen LogP) is 5.65. The van der Waals surface area contributed by atoms with E-state index in [0.29, 0.717) is 10.8 Å². The van der Waals surface area contributed by atoms with Crippen LogP contribution >= 0.6 is 22.9 Å². The zero-order valence-electron chi connectivity index (χ0n) is 18.5. The van der Waals surface area contributed by atoms with E-state index >= 15 is 0 Å². The summed E-state index contributed by atoms with van der Waals surface area (Å²) in [6.07, 6.45) is -0.571. The third kappa shape index (κ3) is 5.68. The molecule has 1 aromatic carbocycles. The topological polar surface area (TPSA) is 61.8 Å². The average molecular weight is 465 g/mol. The lowest BCUT2D eigenvalue weighted by Crippen LogP contribution is -2.52. The van der Waals surface area contributed by atoms with Gasteiger partial charge in [0.15, 0.2) is 6.10 Å². The van der Waals surface area contributed by atoms with E-state index in [2.05, 4.69) is 31.2 Å². The van der Waals surface area contributed by atoms with Gasteiger partial charge in [-0.3, -0.25) is 9.59 Å². The molecule has 5 atom stereocenters. The molecule has 5 nitrogen and oxygen atoms in total. The first-order chi connectivity index (χ1) is 14.7. The fourth-order valence-electron chi connectivity index (χ4n) is 4.07. The molecule has 1 aromatic heterocycles. The largest absolute Gasteiger partial charge is 0.458 e. The van der Waals surface area contributed by atoms with Gasteiger partial charge in [0.25, 0.3) is 0 Å². The first-order valence-electron chi connectivity index (χ1n) is 10.5. The number of esters is 2. The molecule has 0 unspecified atom stereocenters. The van der Waals surface area contributed by atoms with Crippen LogP contribution in [0, 0.1) is 12.8 Å². The monoisotopic (exact) mass is 464 g/mol. The Hall–Kier alpha value is -1.89. The van der Waals surface area contributed by atoms with Gasteiger partial charge in [-0.15, -0.1) is 11.3 Å². The van der Waals surface area contributed by atoms with Crippen LogP contribution in [0.25, 0.3) is 0 Å². The quantitative estimate of drug-likeness (QED) is 0.517. The number of carbonyl (C=O) groups excluding carboxylic acids is 2. The fourth-order valence-corrected chi connectivity index (χ4v) is 5.43. The molecule has 3 rings (SSSR count). The first-order valence-corrected chi connectivity index (χ1v) is 11.7. The van der Waals surface area contributed by atoms with Crippen LogP contribution < -0.4 is 0 Å². The lowest BCUT2D eigenvalue weighted by molar-refractivity contribution is -0.225. The number of hydrogen-bond donors (Lipinski definition) is 0. The summed E-state index contributed by atoms with van der Waals surface area (Å²) in [7, 11) is 0. The lowest BCUT2D eigenvalue weighted by atomic mass is 9.86. The van der Waals surface area contributed by atoms with Crippen molar-refractivity contribution in [2.24, 2.45) is 5.92 Å². The van der Waals surface area contributed by atoms with Gasteiger partial charge in [-0.25, -0.2) is 0 Å². The molecule has 0 amide bonds. The van der Waals surface area contributed by atoms with E-state index in [-0.39, 0.29) is 12.0 Å². The summed E-state index contributed by atoms with van der Waals surface area (Å²) in [5.41, 5.74) is 3.36. The number of rotatable bonds is 6. The van der Waals surface area contributed by atoms with E-state index in [4.69, 9.17) is 25.8 Å². The van der Waals surface area contributed by atoms with Gasteiger partial charge in [0.05, 0.1) is 10.4 Å². The van der Waals surface area contributed by atoms with Gasteiger partial charge in [0.1, 0.15) is 12.2 Å². The van der Waals surface area contributed by atoms with Crippen LogP contribution in [0.3, 0.4) is 0 Å². The van der Waals surface area contributed by atoms with Crippen molar-refractivity contribution >= 4 is 34.9 Å². The minimum absolute atomic E-state index is 0.114. The summed E-state index contributed by atoms with van der Waals surface area (Å²) in [6.45, 7) is 8.76. The van der Waals surface area contributed by atoms with Crippen molar-refractivity contribution in [2.45, 2.75) is 71.9 Å². The van der Waals surface area contributed by atoms with Crippen molar-refractivity contribution in [3.05, 3.63) is 56.2 Å². The van der Waals surface area contributed by atoms with Gasteiger partial charge in [0, 0.05) is 24.6 Å². The van der Waals surface area contributed by atoms with Gasteiger partial charge >= 0.3 is 11.9 Å². The second-order valence-corrected chi connectivity index (χ2v) is 9.81. The van der Waals surface area contributed by atoms with Gasteiger partial charge < -0.3 is 14.2 Å². The molecule has 1 fully saturated rings. The molecule has 1 aliphatic heterocycles. The van der Waals surface area contributed by atoms with Gasteiger partial charge in [-0.2, -0.15) is 0 Å². The maximum atomic E-state index is 11.9. The van der Waals surface area contributed by atoms with Crippen molar-refractivity contribution < 1.29 is 23.8 Å². The Kier molecular flexibility index (Phi) is 7.78.